The van der Waals surface area contributed by atoms with E-state index in [4.69, 9.17) is 13.8 Å². The Kier molecular flexibility index (Phi) is 38.7. The van der Waals surface area contributed by atoms with Gasteiger partial charge >= 0.3 is 13.8 Å². The van der Waals surface area contributed by atoms with Gasteiger partial charge in [0, 0.05) is 19.4 Å². The molecule has 0 saturated carbocycles. The topological polar surface area (TPSA) is 131 Å². The normalized spacial score (nSPS) is 13.9. The minimum Gasteiger partial charge on any atom is -0.463 e. The van der Waals surface area contributed by atoms with E-state index < -0.39 is 26.5 Å². The minimum absolute atomic E-state index is 0.0723. The zero-order valence-corrected chi connectivity index (χ0v) is 35.0. The molecule has 0 fully saturated rings. The summed E-state index contributed by atoms with van der Waals surface area (Å²) in [5, 5.41) is 12.7. The highest BCUT2D eigenvalue weighted by molar-refractivity contribution is 7.47. The Morgan fingerprint density at radius 1 is 0.574 bits per heavy atom. The number of phosphoric ester groups is 1. The predicted octanol–water partition coefficient (Wildman–Crippen LogP) is 11.7. The van der Waals surface area contributed by atoms with E-state index in [-0.39, 0.29) is 32.1 Å². The maximum Gasteiger partial charge on any atom is 0.472 e. The first kappa shape index (κ1) is 51.7. The van der Waals surface area contributed by atoms with E-state index in [9.17, 15) is 24.2 Å². The van der Waals surface area contributed by atoms with Gasteiger partial charge in [-0.15, -0.1) is 0 Å². The molecule has 54 heavy (non-hydrogen) atoms. The van der Waals surface area contributed by atoms with E-state index in [1.165, 1.54) is 57.8 Å². The number of hydrogen-bond acceptors (Lipinski definition) is 7. The van der Waals surface area contributed by atoms with Crippen molar-refractivity contribution in [2.75, 3.05) is 26.4 Å². The summed E-state index contributed by atoms with van der Waals surface area (Å²) in [6.45, 7) is 3.45. The van der Waals surface area contributed by atoms with Crippen LogP contribution in [0.4, 0.5) is 0 Å². The molecule has 0 aliphatic heterocycles. The lowest BCUT2D eigenvalue weighted by Crippen LogP contribution is -2.27. The number of carbonyl (C=O) groups excluding carboxylic acids is 2. The number of rotatable bonds is 39. The molecule has 2 unspecified atom stereocenters. The van der Waals surface area contributed by atoms with Gasteiger partial charge in [0.15, 0.2) is 0 Å². The second kappa shape index (κ2) is 40.4. The van der Waals surface area contributed by atoms with Gasteiger partial charge in [0.25, 0.3) is 0 Å². The van der Waals surface area contributed by atoms with Gasteiger partial charge in [0.2, 0.25) is 5.91 Å². The number of allylic oxidation sites excluding steroid dienone is 10. The first-order valence-electron chi connectivity index (χ1n) is 21.3. The van der Waals surface area contributed by atoms with Gasteiger partial charge in [-0.3, -0.25) is 18.6 Å². The maximum absolute atomic E-state index is 12.1. The molecule has 0 aromatic heterocycles. The van der Waals surface area contributed by atoms with Gasteiger partial charge in [-0.25, -0.2) is 4.57 Å². The van der Waals surface area contributed by atoms with E-state index in [1.807, 2.05) is 0 Å². The van der Waals surface area contributed by atoms with Crippen molar-refractivity contribution in [3.8, 4) is 0 Å². The van der Waals surface area contributed by atoms with Gasteiger partial charge in [0.1, 0.15) is 12.7 Å². The average Bonchev–Trinajstić information content (AvgIpc) is 3.16. The Bertz CT molecular complexity index is 1070. The maximum atomic E-state index is 12.1. The zero-order chi connectivity index (χ0) is 39.6. The molecule has 312 valence electrons. The fourth-order valence-electron chi connectivity index (χ4n) is 5.42. The second-order valence-electron chi connectivity index (χ2n) is 14.0. The van der Waals surface area contributed by atoms with Crippen LogP contribution in [0.3, 0.4) is 0 Å². The summed E-state index contributed by atoms with van der Waals surface area (Å²) in [5.74, 6) is -0.548. The summed E-state index contributed by atoms with van der Waals surface area (Å²) in [5.41, 5.74) is 0. The molecule has 0 aromatic rings. The monoisotopic (exact) mass is 780 g/mol. The van der Waals surface area contributed by atoms with Crippen molar-refractivity contribution in [3.05, 3.63) is 60.8 Å². The molecule has 2 atom stereocenters. The van der Waals surface area contributed by atoms with Crippen LogP contribution < -0.4 is 5.32 Å². The van der Waals surface area contributed by atoms with Gasteiger partial charge in [-0.05, 0) is 83.5 Å². The van der Waals surface area contributed by atoms with Gasteiger partial charge in [0.05, 0.1) is 13.2 Å². The van der Waals surface area contributed by atoms with Crippen LogP contribution in [0.15, 0.2) is 60.8 Å². The molecular formula is C44H78NO8P. The third-order valence-corrected chi connectivity index (χ3v) is 9.65. The highest BCUT2D eigenvalue weighted by atomic mass is 31.2. The second-order valence-corrected chi connectivity index (χ2v) is 15.4. The first-order chi connectivity index (χ1) is 26.3. The van der Waals surface area contributed by atoms with Crippen molar-refractivity contribution in [2.45, 2.75) is 180 Å². The van der Waals surface area contributed by atoms with Crippen molar-refractivity contribution < 1.29 is 37.9 Å². The molecule has 0 radical (unpaired) electrons. The lowest BCUT2D eigenvalue weighted by Gasteiger charge is -2.15. The van der Waals surface area contributed by atoms with Gasteiger partial charge in [-0.1, -0.05) is 139 Å². The Morgan fingerprint density at radius 3 is 1.52 bits per heavy atom. The van der Waals surface area contributed by atoms with Crippen LogP contribution in [0.1, 0.15) is 174 Å². The van der Waals surface area contributed by atoms with Crippen molar-refractivity contribution in [2.24, 2.45) is 0 Å². The number of ether oxygens (including phenoxy) is 1. The highest BCUT2D eigenvalue weighted by Crippen LogP contribution is 2.42. The Hall–Kier alpha value is -2.29. The zero-order valence-electron chi connectivity index (χ0n) is 34.1. The van der Waals surface area contributed by atoms with E-state index in [0.29, 0.717) is 12.8 Å². The van der Waals surface area contributed by atoms with Crippen molar-refractivity contribution >= 4 is 19.7 Å². The third-order valence-electron chi connectivity index (χ3n) is 8.67. The van der Waals surface area contributed by atoms with E-state index in [0.717, 1.165) is 83.5 Å². The third kappa shape index (κ3) is 40.9. The number of phosphoric acid groups is 1. The number of amides is 1. The lowest BCUT2D eigenvalue weighted by molar-refractivity contribution is -0.147. The molecule has 0 aliphatic carbocycles. The number of nitrogens with one attached hydrogen (secondary N) is 1. The predicted molar refractivity (Wildman–Crippen MR) is 224 cm³/mol. The summed E-state index contributed by atoms with van der Waals surface area (Å²) < 4.78 is 26.8. The number of unbranched alkanes of at least 4 members (excludes halogenated alkanes) is 16. The highest BCUT2D eigenvalue weighted by Gasteiger charge is 2.23. The van der Waals surface area contributed by atoms with Crippen molar-refractivity contribution in [3.63, 3.8) is 0 Å². The van der Waals surface area contributed by atoms with Crippen LogP contribution in [-0.2, 0) is 27.9 Å². The Balaban J connectivity index is 3.67. The SMILES string of the molecule is CCCCC/C=C\C/C=C\C/C=C\C/C=C\CCCCCCCC(=O)OCC(O)COP(=O)(O)OCCNC(=O)CCCCCCC/C=C\CCCCC. The Labute approximate surface area is 329 Å². The van der Waals surface area contributed by atoms with Crippen LogP contribution in [0.5, 0.6) is 0 Å². The standard InChI is InChI=1S/C44H78NO8P/c1-3-5-7-9-11-13-15-17-18-19-20-21-22-23-24-25-27-29-31-33-35-37-44(48)51-40-42(46)41-53-54(49,50)52-39-38-45-43(47)36-34-32-30-28-26-16-14-12-10-8-6-4-2/h11-14,17-18,20-21,23-24,42,46H,3-10,15-16,19,22,25-41H2,1-2H3,(H,45,47)(H,49,50)/b13-11-,14-12-,18-17-,21-20-,24-23-. The van der Waals surface area contributed by atoms with Crippen LogP contribution >= 0.6 is 7.82 Å². The average molecular weight is 780 g/mol. The molecule has 10 heteroatoms. The molecule has 0 saturated heterocycles. The number of carbonyl (C=O) groups is 2. The van der Waals surface area contributed by atoms with E-state index in [1.54, 1.807) is 0 Å². The molecule has 0 rings (SSSR count). The molecule has 0 bridgehead atoms. The molecule has 0 spiro atoms. The van der Waals surface area contributed by atoms with Crippen LogP contribution in [0, 0.1) is 0 Å². The van der Waals surface area contributed by atoms with Crippen LogP contribution in [0.25, 0.3) is 0 Å². The molecule has 3 N–H and O–H groups in total. The summed E-state index contributed by atoms with van der Waals surface area (Å²) in [6, 6.07) is 0. The fraction of sp³-hybridized carbons (Fsp3) is 0.727. The smallest absolute Gasteiger partial charge is 0.463 e. The van der Waals surface area contributed by atoms with Crippen LogP contribution in [0.2, 0.25) is 0 Å². The summed E-state index contributed by atoms with van der Waals surface area (Å²) in [6.07, 6.45) is 47.2. The molecule has 0 aromatic carbocycles. The number of esters is 1. The fourth-order valence-corrected chi connectivity index (χ4v) is 6.17. The summed E-state index contributed by atoms with van der Waals surface area (Å²) in [4.78, 5) is 33.8. The van der Waals surface area contributed by atoms with Crippen molar-refractivity contribution in [1.82, 2.24) is 5.32 Å². The number of aliphatic hydroxyl groups is 1. The molecule has 0 heterocycles. The minimum atomic E-state index is -4.42. The largest absolute Gasteiger partial charge is 0.472 e. The molecule has 0 aliphatic rings. The molecular weight excluding hydrogens is 701 g/mol. The summed E-state index contributed by atoms with van der Waals surface area (Å²) in [7, 11) is -4.42. The molecule has 1 amide bonds. The van der Waals surface area contributed by atoms with E-state index >= 15 is 0 Å². The Morgan fingerprint density at radius 2 is 1.00 bits per heavy atom. The van der Waals surface area contributed by atoms with Crippen molar-refractivity contribution in [1.29, 1.82) is 0 Å². The molecule has 9 nitrogen and oxygen atoms in total. The lowest BCUT2D eigenvalue weighted by atomic mass is 10.1. The first-order valence-corrected chi connectivity index (χ1v) is 22.8. The number of hydrogen-bond donors (Lipinski definition) is 3. The van der Waals surface area contributed by atoms with E-state index in [2.05, 4.69) is 79.9 Å². The van der Waals surface area contributed by atoms with Gasteiger partial charge < -0.3 is 20.1 Å². The van der Waals surface area contributed by atoms with Gasteiger partial charge in [-0.2, -0.15) is 0 Å². The van der Waals surface area contributed by atoms with Crippen LogP contribution in [-0.4, -0.2) is 54.3 Å². The number of aliphatic hydroxyl groups excluding tert-OH is 1. The summed E-state index contributed by atoms with van der Waals surface area (Å²) >= 11 is 0. The quantitative estimate of drug-likeness (QED) is 0.0243.